The second kappa shape index (κ2) is 8.17. The van der Waals surface area contributed by atoms with E-state index in [1.165, 1.54) is 0 Å². The average Bonchev–Trinajstić information content (AvgIpc) is 2.76. The van der Waals surface area contributed by atoms with Crippen molar-refractivity contribution < 1.29 is 4.79 Å². The fourth-order valence-electron chi connectivity index (χ4n) is 3.86. The maximum absolute atomic E-state index is 13.1. The molecule has 0 aliphatic carbocycles. The standard InChI is InChI=1S/C23H26N4O2/c1-3-25-11-13-26(14-12-25)22(28)19-15-20-21(24-17(19)2)9-10-27(23(20)29)16-18-7-5-4-6-8-18/h4-10,15H,3,11-14,16H2,1-2H3. The number of likely N-dealkylation sites (N-methyl/N-ethyl adjacent to an activating group) is 1. The van der Waals surface area contributed by atoms with E-state index >= 15 is 0 Å². The normalized spacial score (nSPS) is 15.0. The van der Waals surface area contributed by atoms with Crippen LogP contribution in [0.25, 0.3) is 10.9 Å². The molecule has 0 bridgehead atoms. The van der Waals surface area contributed by atoms with Crippen molar-refractivity contribution >= 4 is 16.8 Å². The summed E-state index contributed by atoms with van der Waals surface area (Å²) in [7, 11) is 0. The van der Waals surface area contributed by atoms with Gasteiger partial charge >= 0.3 is 0 Å². The van der Waals surface area contributed by atoms with E-state index < -0.39 is 0 Å². The third-order valence-electron chi connectivity index (χ3n) is 5.68. The molecule has 1 saturated heterocycles. The SMILES string of the molecule is CCN1CCN(C(=O)c2cc3c(=O)n(Cc4ccccc4)ccc3nc2C)CC1. The number of amides is 1. The molecule has 150 valence electrons. The Labute approximate surface area is 170 Å². The summed E-state index contributed by atoms with van der Waals surface area (Å²) in [6.07, 6.45) is 1.77. The van der Waals surface area contributed by atoms with Gasteiger partial charge in [-0.05, 0) is 31.2 Å². The molecule has 1 aliphatic rings. The minimum absolute atomic E-state index is 0.0366. The topological polar surface area (TPSA) is 58.4 Å². The van der Waals surface area contributed by atoms with Gasteiger partial charge in [-0.3, -0.25) is 14.6 Å². The summed E-state index contributed by atoms with van der Waals surface area (Å²) < 4.78 is 1.67. The van der Waals surface area contributed by atoms with Crippen molar-refractivity contribution in [2.45, 2.75) is 20.4 Å². The van der Waals surface area contributed by atoms with Crippen LogP contribution in [-0.4, -0.2) is 58.0 Å². The zero-order valence-electron chi connectivity index (χ0n) is 17.0. The fraction of sp³-hybridized carbons (Fsp3) is 0.348. The average molecular weight is 390 g/mol. The van der Waals surface area contributed by atoms with Crippen LogP contribution >= 0.6 is 0 Å². The summed E-state index contributed by atoms with van der Waals surface area (Å²) in [6, 6.07) is 13.4. The number of piperazine rings is 1. The number of carbonyl (C=O) groups excluding carboxylic acids is 1. The molecule has 4 rings (SSSR count). The van der Waals surface area contributed by atoms with Gasteiger partial charge in [0.25, 0.3) is 11.5 Å². The molecule has 6 heteroatoms. The lowest BCUT2D eigenvalue weighted by Gasteiger charge is -2.34. The molecule has 1 aromatic carbocycles. The van der Waals surface area contributed by atoms with Crippen LogP contribution in [0.3, 0.4) is 0 Å². The van der Waals surface area contributed by atoms with Crippen molar-refractivity contribution in [1.82, 2.24) is 19.4 Å². The largest absolute Gasteiger partial charge is 0.336 e. The summed E-state index contributed by atoms with van der Waals surface area (Å²) in [6.45, 7) is 8.64. The van der Waals surface area contributed by atoms with E-state index in [2.05, 4.69) is 16.8 Å². The third-order valence-corrected chi connectivity index (χ3v) is 5.68. The zero-order valence-corrected chi connectivity index (χ0v) is 17.0. The fourth-order valence-corrected chi connectivity index (χ4v) is 3.86. The number of fused-ring (bicyclic) bond motifs is 1. The van der Waals surface area contributed by atoms with Gasteiger partial charge in [0, 0.05) is 32.4 Å². The molecule has 2 aromatic heterocycles. The zero-order chi connectivity index (χ0) is 20.4. The maximum atomic E-state index is 13.1. The number of pyridine rings is 2. The van der Waals surface area contributed by atoms with Gasteiger partial charge in [0.05, 0.1) is 28.7 Å². The Morgan fingerprint density at radius 2 is 1.79 bits per heavy atom. The van der Waals surface area contributed by atoms with Crippen molar-refractivity contribution in [3.05, 3.63) is 75.8 Å². The molecule has 0 N–H and O–H groups in total. The van der Waals surface area contributed by atoms with Gasteiger partial charge in [-0.15, -0.1) is 0 Å². The van der Waals surface area contributed by atoms with Crippen LogP contribution < -0.4 is 5.56 Å². The molecule has 0 saturated carbocycles. The summed E-state index contributed by atoms with van der Waals surface area (Å²) in [4.78, 5) is 34.9. The van der Waals surface area contributed by atoms with E-state index in [0.717, 1.165) is 25.2 Å². The molecule has 1 amide bonds. The van der Waals surface area contributed by atoms with E-state index in [4.69, 9.17) is 0 Å². The van der Waals surface area contributed by atoms with E-state index in [9.17, 15) is 9.59 Å². The van der Waals surface area contributed by atoms with Crippen LogP contribution in [0.4, 0.5) is 0 Å². The van der Waals surface area contributed by atoms with Gasteiger partial charge < -0.3 is 14.4 Å². The highest BCUT2D eigenvalue weighted by atomic mass is 16.2. The van der Waals surface area contributed by atoms with Crippen molar-refractivity contribution in [1.29, 1.82) is 0 Å². The van der Waals surface area contributed by atoms with Crippen LogP contribution in [0.1, 0.15) is 28.5 Å². The molecular formula is C23H26N4O2. The number of nitrogens with zero attached hydrogens (tertiary/aromatic N) is 4. The molecule has 0 atom stereocenters. The highest BCUT2D eigenvalue weighted by molar-refractivity contribution is 5.98. The van der Waals surface area contributed by atoms with E-state index in [1.807, 2.05) is 48.2 Å². The Hall–Kier alpha value is -2.99. The summed E-state index contributed by atoms with van der Waals surface area (Å²) in [5.74, 6) is -0.0366. The monoisotopic (exact) mass is 390 g/mol. The Morgan fingerprint density at radius 3 is 2.48 bits per heavy atom. The lowest BCUT2D eigenvalue weighted by atomic mass is 10.1. The predicted octanol–water partition coefficient (Wildman–Crippen LogP) is 2.53. The van der Waals surface area contributed by atoms with Crippen molar-refractivity contribution in [3.63, 3.8) is 0 Å². The first-order chi connectivity index (χ1) is 14.1. The molecule has 29 heavy (non-hydrogen) atoms. The van der Waals surface area contributed by atoms with E-state index in [-0.39, 0.29) is 11.5 Å². The second-order valence-corrected chi connectivity index (χ2v) is 7.51. The van der Waals surface area contributed by atoms with Gasteiger partial charge in [0.15, 0.2) is 0 Å². The molecule has 1 aliphatic heterocycles. The molecule has 6 nitrogen and oxygen atoms in total. The molecule has 0 spiro atoms. The molecule has 1 fully saturated rings. The number of hydrogen-bond donors (Lipinski definition) is 0. The summed E-state index contributed by atoms with van der Waals surface area (Å²) in [5.41, 5.74) is 2.75. The smallest absolute Gasteiger partial charge is 0.260 e. The maximum Gasteiger partial charge on any atom is 0.260 e. The second-order valence-electron chi connectivity index (χ2n) is 7.51. The number of aromatic nitrogens is 2. The first-order valence-corrected chi connectivity index (χ1v) is 10.1. The molecule has 3 aromatic rings. The Balaban J connectivity index is 1.67. The first-order valence-electron chi connectivity index (χ1n) is 10.1. The third kappa shape index (κ3) is 3.93. The minimum atomic E-state index is -0.122. The van der Waals surface area contributed by atoms with Crippen molar-refractivity contribution in [2.24, 2.45) is 0 Å². The number of carbonyl (C=O) groups is 1. The Bertz CT molecular complexity index is 1080. The number of rotatable bonds is 4. The van der Waals surface area contributed by atoms with Gasteiger partial charge in [-0.25, -0.2) is 0 Å². The molecule has 0 radical (unpaired) electrons. The van der Waals surface area contributed by atoms with Crippen LogP contribution in [0.15, 0.2) is 53.5 Å². The van der Waals surface area contributed by atoms with Gasteiger partial charge in [0.2, 0.25) is 0 Å². The van der Waals surface area contributed by atoms with Crippen molar-refractivity contribution in [2.75, 3.05) is 32.7 Å². The quantitative estimate of drug-likeness (QED) is 0.687. The lowest BCUT2D eigenvalue weighted by molar-refractivity contribution is 0.0642. The summed E-state index contributed by atoms with van der Waals surface area (Å²) >= 11 is 0. The van der Waals surface area contributed by atoms with E-state index in [1.54, 1.807) is 16.8 Å². The summed E-state index contributed by atoms with van der Waals surface area (Å²) in [5, 5.41) is 0.490. The molecule has 3 heterocycles. The van der Waals surface area contributed by atoms with Gasteiger partial charge in [0.1, 0.15) is 0 Å². The minimum Gasteiger partial charge on any atom is -0.336 e. The van der Waals surface area contributed by atoms with Gasteiger partial charge in [-0.1, -0.05) is 37.3 Å². The predicted molar refractivity (Wildman–Crippen MR) is 114 cm³/mol. The first kappa shape index (κ1) is 19.3. The number of aryl methyl sites for hydroxylation is 1. The van der Waals surface area contributed by atoms with E-state index in [0.29, 0.717) is 41.8 Å². The Kier molecular flexibility index (Phi) is 5.45. The number of benzene rings is 1. The van der Waals surface area contributed by atoms with Crippen LogP contribution in [-0.2, 0) is 6.54 Å². The lowest BCUT2D eigenvalue weighted by Crippen LogP contribution is -2.48. The molecule has 0 unspecified atom stereocenters. The Morgan fingerprint density at radius 1 is 1.07 bits per heavy atom. The van der Waals surface area contributed by atoms with Crippen LogP contribution in [0.5, 0.6) is 0 Å². The highest BCUT2D eigenvalue weighted by Crippen LogP contribution is 2.17. The highest BCUT2D eigenvalue weighted by Gasteiger charge is 2.23. The van der Waals surface area contributed by atoms with Crippen molar-refractivity contribution in [3.8, 4) is 0 Å². The van der Waals surface area contributed by atoms with Crippen LogP contribution in [0.2, 0.25) is 0 Å². The number of hydrogen-bond acceptors (Lipinski definition) is 4. The van der Waals surface area contributed by atoms with Gasteiger partial charge in [-0.2, -0.15) is 0 Å². The van der Waals surface area contributed by atoms with Crippen LogP contribution in [0, 0.1) is 6.92 Å². The molecular weight excluding hydrogens is 364 g/mol.